The molecule has 2 saturated heterocycles. The predicted octanol–water partition coefficient (Wildman–Crippen LogP) is 0.289. The average molecular weight is 423 g/mol. The van der Waals surface area contributed by atoms with Crippen molar-refractivity contribution >= 4 is 17.4 Å². The molecule has 1 N–H and O–H groups in total. The molecule has 10 heteroatoms. The zero-order valence-electron chi connectivity index (χ0n) is 17.5. The van der Waals surface area contributed by atoms with E-state index in [1.165, 1.54) is 0 Å². The minimum absolute atomic E-state index is 0.0726. The van der Waals surface area contributed by atoms with Crippen molar-refractivity contribution in [3.05, 3.63) is 46.0 Å². The number of nitriles is 1. The summed E-state index contributed by atoms with van der Waals surface area (Å²) in [4.78, 5) is 35.4. The number of nitrogens with one attached hydrogen (secondary N) is 1. The zero-order chi connectivity index (χ0) is 21.8. The average Bonchev–Trinajstić information content (AvgIpc) is 2.81. The Labute approximate surface area is 180 Å². The van der Waals surface area contributed by atoms with Crippen LogP contribution in [0, 0.1) is 18.3 Å². The van der Waals surface area contributed by atoms with Gasteiger partial charge in [-0.2, -0.15) is 10.4 Å². The Kier molecular flexibility index (Phi) is 6.13. The van der Waals surface area contributed by atoms with Crippen LogP contribution in [-0.4, -0.2) is 78.0 Å². The number of nitrogens with zero attached hydrogens (tertiary/aromatic N) is 6. The summed E-state index contributed by atoms with van der Waals surface area (Å²) in [5.74, 6) is 0.888. The van der Waals surface area contributed by atoms with Gasteiger partial charge in [-0.05, 0) is 19.1 Å². The number of pyridine rings is 1. The fourth-order valence-electron chi connectivity index (χ4n) is 4.03. The normalized spacial score (nSPS) is 19.2. The topological polar surface area (TPSA) is 118 Å². The van der Waals surface area contributed by atoms with E-state index >= 15 is 0 Å². The van der Waals surface area contributed by atoms with E-state index < -0.39 is 0 Å². The Morgan fingerprint density at radius 1 is 1.26 bits per heavy atom. The molecule has 1 atom stereocenters. The highest BCUT2D eigenvalue weighted by Gasteiger charge is 2.30. The number of hydrogen-bond donors (Lipinski definition) is 1. The van der Waals surface area contributed by atoms with Crippen LogP contribution in [0.25, 0.3) is 0 Å². The number of aromatic nitrogens is 3. The van der Waals surface area contributed by atoms with Crippen LogP contribution < -0.4 is 15.4 Å². The van der Waals surface area contributed by atoms with E-state index in [-0.39, 0.29) is 17.5 Å². The van der Waals surface area contributed by atoms with Gasteiger partial charge < -0.3 is 19.4 Å². The molecule has 0 spiro atoms. The number of amides is 1. The van der Waals surface area contributed by atoms with Gasteiger partial charge in [-0.1, -0.05) is 0 Å². The Morgan fingerprint density at radius 3 is 2.77 bits per heavy atom. The molecule has 0 radical (unpaired) electrons. The summed E-state index contributed by atoms with van der Waals surface area (Å²) < 4.78 is 5.63. The molecule has 31 heavy (non-hydrogen) atoms. The van der Waals surface area contributed by atoms with Crippen LogP contribution in [0.1, 0.15) is 17.5 Å². The number of rotatable bonds is 4. The smallest absolute Gasteiger partial charge is 0.269 e. The van der Waals surface area contributed by atoms with Crippen LogP contribution in [-0.2, 0) is 9.53 Å². The van der Waals surface area contributed by atoms with Crippen molar-refractivity contribution in [2.24, 2.45) is 0 Å². The fourth-order valence-corrected chi connectivity index (χ4v) is 4.03. The lowest BCUT2D eigenvalue weighted by Gasteiger charge is -2.40. The van der Waals surface area contributed by atoms with Crippen molar-refractivity contribution in [1.82, 2.24) is 20.1 Å². The van der Waals surface area contributed by atoms with Gasteiger partial charge in [0, 0.05) is 50.9 Å². The van der Waals surface area contributed by atoms with Crippen molar-refractivity contribution in [3.8, 4) is 6.07 Å². The van der Waals surface area contributed by atoms with Crippen LogP contribution in [0.15, 0.2) is 29.3 Å². The molecule has 2 aliphatic heterocycles. The number of ether oxygens (including phenoxy) is 1. The monoisotopic (exact) mass is 423 g/mol. The van der Waals surface area contributed by atoms with Gasteiger partial charge in [0.15, 0.2) is 0 Å². The Hall–Kier alpha value is -3.45. The fraction of sp³-hybridized carbons (Fsp3) is 0.476. The maximum atomic E-state index is 13.0. The first kappa shape index (κ1) is 20.8. The largest absolute Gasteiger partial charge is 0.377 e. The Bertz CT molecular complexity index is 1020. The zero-order valence-corrected chi connectivity index (χ0v) is 17.5. The first-order valence-corrected chi connectivity index (χ1v) is 10.3. The van der Waals surface area contributed by atoms with Gasteiger partial charge in [-0.25, -0.2) is 10.1 Å². The van der Waals surface area contributed by atoms with Crippen LogP contribution in [0.3, 0.4) is 0 Å². The number of hydrogen-bond acceptors (Lipinski definition) is 8. The quantitative estimate of drug-likeness (QED) is 0.745. The number of carbonyl (C=O) groups excluding carboxylic acids is 1. The first-order chi connectivity index (χ1) is 15.1. The van der Waals surface area contributed by atoms with E-state index in [2.05, 4.69) is 31.1 Å². The van der Waals surface area contributed by atoms with Gasteiger partial charge in [-0.3, -0.25) is 9.59 Å². The molecule has 4 rings (SSSR count). The summed E-state index contributed by atoms with van der Waals surface area (Å²) in [5.41, 5.74) is 1.66. The lowest BCUT2D eigenvalue weighted by Crippen LogP contribution is -2.52. The molecule has 2 aromatic rings. The second-order valence-electron chi connectivity index (χ2n) is 7.72. The third kappa shape index (κ3) is 4.51. The van der Waals surface area contributed by atoms with Crippen LogP contribution >= 0.6 is 0 Å². The molecule has 0 saturated carbocycles. The molecule has 2 aliphatic rings. The predicted molar refractivity (Wildman–Crippen MR) is 114 cm³/mol. The number of anilines is 2. The molecule has 2 fully saturated rings. The summed E-state index contributed by atoms with van der Waals surface area (Å²) in [6, 6.07) is 5.52. The van der Waals surface area contributed by atoms with Crippen molar-refractivity contribution < 1.29 is 9.53 Å². The summed E-state index contributed by atoms with van der Waals surface area (Å²) in [7, 11) is 0. The molecular weight excluding hydrogens is 398 g/mol. The SMILES string of the molecule is Cc1c(N2CCOCC2CC(=O)N2CCN(c3ccc(C#N)cn3)CC2)cn[nH]c1=O. The minimum atomic E-state index is -0.221. The number of aromatic amines is 1. The van der Waals surface area contributed by atoms with Crippen LogP contribution in [0.4, 0.5) is 11.5 Å². The summed E-state index contributed by atoms with van der Waals surface area (Å²) in [6.45, 7) is 5.96. The van der Waals surface area contributed by atoms with E-state index in [9.17, 15) is 9.59 Å². The summed E-state index contributed by atoms with van der Waals surface area (Å²) >= 11 is 0. The third-order valence-electron chi connectivity index (χ3n) is 5.86. The van der Waals surface area contributed by atoms with Gasteiger partial charge in [0.1, 0.15) is 11.9 Å². The van der Waals surface area contributed by atoms with Crippen LogP contribution in [0.2, 0.25) is 0 Å². The number of carbonyl (C=O) groups is 1. The van der Waals surface area contributed by atoms with E-state index in [0.717, 1.165) is 11.5 Å². The van der Waals surface area contributed by atoms with Gasteiger partial charge in [-0.15, -0.1) is 0 Å². The molecule has 10 nitrogen and oxygen atoms in total. The van der Waals surface area contributed by atoms with Gasteiger partial charge >= 0.3 is 0 Å². The molecule has 4 heterocycles. The standard InChI is InChI=1S/C21H25N7O3/c1-15-18(13-24-25-21(15)30)28-8-9-31-14-17(28)10-20(29)27-6-4-26(5-7-27)19-3-2-16(11-22)12-23-19/h2-3,12-13,17H,4-10,14H2,1H3,(H,25,30). The van der Waals surface area contributed by atoms with Crippen molar-refractivity contribution in [2.45, 2.75) is 19.4 Å². The molecule has 0 bridgehead atoms. The van der Waals surface area contributed by atoms with E-state index in [1.807, 2.05) is 11.0 Å². The first-order valence-electron chi connectivity index (χ1n) is 10.3. The third-order valence-corrected chi connectivity index (χ3v) is 5.86. The van der Waals surface area contributed by atoms with E-state index in [0.29, 0.717) is 63.5 Å². The Balaban J connectivity index is 1.38. The highest BCUT2D eigenvalue weighted by Crippen LogP contribution is 2.23. The van der Waals surface area contributed by atoms with Gasteiger partial charge in [0.2, 0.25) is 5.91 Å². The Morgan fingerprint density at radius 2 is 2.06 bits per heavy atom. The lowest BCUT2D eigenvalue weighted by atomic mass is 10.1. The maximum Gasteiger partial charge on any atom is 0.269 e. The molecule has 0 aliphatic carbocycles. The highest BCUT2D eigenvalue weighted by atomic mass is 16.5. The van der Waals surface area contributed by atoms with Gasteiger partial charge in [0.05, 0.1) is 36.7 Å². The molecule has 1 unspecified atom stereocenters. The lowest BCUT2D eigenvalue weighted by molar-refractivity contribution is -0.132. The van der Waals surface area contributed by atoms with Crippen molar-refractivity contribution in [1.29, 1.82) is 5.26 Å². The minimum Gasteiger partial charge on any atom is -0.377 e. The van der Waals surface area contributed by atoms with E-state index in [4.69, 9.17) is 10.00 Å². The second-order valence-corrected chi connectivity index (χ2v) is 7.72. The molecule has 0 aromatic carbocycles. The molecule has 1 amide bonds. The van der Waals surface area contributed by atoms with Gasteiger partial charge in [0.25, 0.3) is 5.56 Å². The van der Waals surface area contributed by atoms with Crippen molar-refractivity contribution in [2.75, 3.05) is 55.7 Å². The maximum absolute atomic E-state index is 13.0. The summed E-state index contributed by atoms with van der Waals surface area (Å²) in [6.07, 6.45) is 3.53. The second kappa shape index (κ2) is 9.14. The van der Waals surface area contributed by atoms with Crippen molar-refractivity contribution in [3.63, 3.8) is 0 Å². The molecular formula is C21H25N7O3. The number of morpholine rings is 1. The molecule has 2 aromatic heterocycles. The summed E-state index contributed by atoms with van der Waals surface area (Å²) in [5, 5.41) is 15.3. The number of H-pyrrole nitrogens is 1. The van der Waals surface area contributed by atoms with E-state index in [1.54, 1.807) is 25.4 Å². The van der Waals surface area contributed by atoms with Crippen LogP contribution in [0.5, 0.6) is 0 Å². The highest BCUT2D eigenvalue weighted by molar-refractivity contribution is 5.78. The number of piperazine rings is 1. The molecule has 162 valence electrons.